The lowest BCUT2D eigenvalue weighted by Gasteiger charge is -2.12. The van der Waals surface area contributed by atoms with Crippen LogP contribution in [0.4, 0.5) is 0 Å². The highest BCUT2D eigenvalue weighted by molar-refractivity contribution is 7.89. The van der Waals surface area contributed by atoms with Gasteiger partial charge in [0.25, 0.3) is 5.91 Å². The van der Waals surface area contributed by atoms with Crippen LogP contribution in [0.1, 0.15) is 34.3 Å². The Morgan fingerprint density at radius 3 is 2.74 bits per heavy atom. The lowest BCUT2D eigenvalue weighted by atomic mass is 10.1. The predicted octanol–water partition coefficient (Wildman–Crippen LogP) is 2.38. The lowest BCUT2D eigenvalue weighted by molar-refractivity contribution is 0.0857. The summed E-state index contributed by atoms with van der Waals surface area (Å²) in [6.45, 7) is 3.29. The summed E-state index contributed by atoms with van der Waals surface area (Å²) in [6.07, 6.45) is 1.97. The van der Waals surface area contributed by atoms with Gasteiger partial charge in [0.1, 0.15) is 0 Å². The van der Waals surface area contributed by atoms with Gasteiger partial charge in [-0.2, -0.15) is 0 Å². The molecule has 1 aliphatic rings. The first-order valence-corrected chi connectivity index (χ1v) is 10.5. The average Bonchev–Trinajstić information content (AvgIpc) is 3.19. The fourth-order valence-electron chi connectivity index (χ4n) is 2.98. The molecule has 2 aromatic carbocycles. The highest BCUT2D eigenvalue weighted by Gasteiger charge is 2.19. The van der Waals surface area contributed by atoms with Crippen LogP contribution >= 0.6 is 0 Å². The number of ether oxygens (including phenoxy) is 1. The minimum atomic E-state index is -3.72. The van der Waals surface area contributed by atoms with Crippen LogP contribution in [0.2, 0.25) is 0 Å². The van der Waals surface area contributed by atoms with Crippen molar-refractivity contribution in [1.82, 2.24) is 10.0 Å². The van der Waals surface area contributed by atoms with Crippen molar-refractivity contribution in [2.45, 2.75) is 37.3 Å². The summed E-state index contributed by atoms with van der Waals surface area (Å²) < 4.78 is 33.3. The normalized spacial score (nSPS) is 17.0. The van der Waals surface area contributed by atoms with Gasteiger partial charge in [-0.1, -0.05) is 30.3 Å². The van der Waals surface area contributed by atoms with Crippen LogP contribution in [0.3, 0.4) is 0 Å². The largest absolute Gasteiger partial charge is 0.376 e. The van der Waals surface area contributed by atoms with E-state index in [9.17, 15) is 13.2 Å². The summed E-state index contributed by atoms with van der Waals surface area (Å²) >= 11 is 0. The zero-order chi connectivity index (χ0) is 19.3. The zero-order valence-electron chi connectivity index (χ0n) is 15.3. The minimum absolute atomic E-state index is 0.0386. The van der Waals surface area contributed by atoms with Crippen LogP contribution in [0.15, 0.2) is 53.4 Å². The summed E-state index contributed by atoms with van der Waals surface area (Å²) in [5.74, 6) is -0.304. The Morgan fingerprint density at radius 1 is 1.19 bits per heavy atom. The Balaban J connectivity index is 1.66. The maximum Gasteiger partial charge on any atom is 0.251 e. The molecule has 0 aliphatic carbocycles. The Labute approximate surface area is 160 Å². The summed E-state index contributed by atoms with van der Waals surface area (Å²) in [4.78, 5) is 12.4. The number of benzene rings is 2. The second kappa shape index (κ2) is 8.65. The first-order chi connectivity index (χ1) is 13.0. The molecule has 0 bridgehead atoms. The number of rotatable bonds is 7. The van der Waals surface area contributed by atoms with E-state index in [0.29, 0.717) is 12.1 Å². The molecule has 0 saturated carbocycles. The topological polar surface area (TPSA) is 84.5 Å². The van der Waals surface area contributed by atoms with Crippen molar-refractivity contribution >= 4 is 15.9 Å². The maximum absolute atomic E-state index is 12.6. The molecular weight excluding hydrogens is 364 g/mol. The lowest BCUT2D eigenvalue weighted by Crippen LogP contribution is -2.32. The summed E-state index contributed by atoms with van der Waals surface area (Å²) in [5, 5.41) is 2.81. The van der Waals surface area contributed by atoms with Gasteiger partial charge in [0.15, 0.2) is 0 Å². The van der Waals surface area contributed by atoms with Crippen molar-refractivity contribution < 1.29 is 17.9 Å². The molecule has 6 nitrogen and oxygen atoms in total. The maximum atomic E-state index is 12.6. The van der Waals surface area contributed by atoms with E-state index in [4.69, 9.17) is 4.74 Å². The van der Waals surface area contributed by atoms with Crippen LogP contribution in [0, 0.1) is 6.92 Å². The first kappa shape index (κ1) is 19.5. The van der Waals surface area contributed by atoms with Crippen LogP contribution < -0.4 is 10.0 Å². The SMILES string of the molecule is Cc1ccccc1CNS(=O)(=O)c1cccc(C(=O)NCC2CCCO2)c1. The van der Waals surface area contributed by atoms with Gasteiger partial charge in [-0.25, -0.2) is 13.1 Å². The molecule has 7 heteroatoms. The van der Waals surface area contributed by atoms with E-state index < -0.39 is 10.0 Å². The molecule has 144 valence electrons. The molecule has 1 aliphatic heterocycles. The molecule has 2 N–H and O–H groups in total. The van der Waals surface area contributed by atoms with Crippen molar-refractivity contribution in [3.63, 3.8) is 0 Å². The molecule has 1 fully saturated rings. The second-order valence-electron chi connectivity index (χ2n) is 6.62. The summed E-state index contributed by atoms with van der Waals surface area (Å²) in [7, 11) is -3.72. The Hall–Kier alpha value is -2.22. The van der Waals surface area contributed by atoms with E-state index in [-0.39, 0.29) is 23.5 Å². The number of hydrogen-bond acceptors (Lipinski definition) is 4. The van der Waals surface area contributed by atoms with Crippen LogP contribution in [-0.4, -0.2) is 33.6 Å². The Kier molecular flexibility index (Phi) is 6.26. The van der Waals surface area contributed by atoms with Crippen LogP contribution in [-0.2, 0) is 21.3 Å². The predicted molar refractivity (Wildman–Crippen MR) is 103 cm³/mol. The Morgan fingerprint density at radius 2 is 2.00 bits per heavy atom. The standard InChI is InChI=1S/C20H24N2O4S/c1-15-6-2-3-7-17(15)13-22-27(24,25)19-10-4-8-16(12-19)20(23)21-14-18-9-5-11-26-18/h2-4,6-8,10,12,18,22H,5,9,11,13-14H2,1H3,(H,21,23). The number of carbonyl (C=O) groups is 1. The molecule has 1 amide bonds. The molecule has 1 unspecified atom stereocenters. The third-order valence-corrected chi connectivity index (χ3v) is 6.03. The molecule has 1 saturated heterocycles. The highest BCUT2D eigenvalue weighted by atomic mass is 32.2. The third-order valence-electron chi connectivity index (χ3n) is 4.63. The van der Waals surface area contributed by atoms with Crippen LogP contribution in [0.5, 0.6) is 0 Å². The van der Waals surface area contributed by atoms with Crippen molar-refractivity contribution in [3.05, 3.63) is 65.2 Å². The second-order valence-corrected chi connectivity index (χ2v) is 8.39. The van der Waals surface area contributed by atoms with Gasteiger partial charge < -0.3 is 10.1 Å². The van der Waals surface area contributed by atoms with Crippen molar-refractivity contribution in [3.8, 4) is 0 Å². The van der Waals surface area contributed by atoms with E-state index in [1.165, 1.54) is 12.1 Å². The number of sulfonamides is 1. The number of nitrogens with one attached hydrogen (secondary N) is 2. The molecule has 0 radical (unpaired) electrons. The van der Waals surface area contributed by atoms with Gasteiger partial charge >= 0.3 is 0 Å². The average molecular weight is 388 g/mol. The van der Waals surface area contributed by atoms with Gasteiger partial charge in [-0.3, -0.25) is 4.79 Å². The van der Waals surface area contributed by atoms with Crippen LogP contribution in [0.25, 0.3) is 0 Å². The molecule has 1 heterocycles. The summed E-state index contributed by atoms with van der Waals surface area (Å²) in [5.41, 5.74) is 2.24. The molecular formula is C20H24N2O4S. The van der Waals surface area contributed by atoms with E-state index in [1.54, 1.807) is 12.1 Å². The zero-order valence-corrected chi connectivity index (χ0v) is 16.1. The quantitative estimate of drug-likeness (QED) is 0.763. The monoisotopic (exact) mass is 388 g/mol. The van der Waals surface area contributed by atoms with Crippen molar-refractivity contribution in [1.29, 1.82) is 0 Å². The van der Waals surface area contributed by atoms with E-state index in [0.717, 1.165) is 30.6 Å². The highest BCUT2D eigenvalue weighted by Crippen LogP contribution is 2.14. The molecule has 0 aromatic heterocycles. The first-order valence-electron chi connectivity index (χ1n) is 9.00. The minimum Gasteiger partial charge on any atom is -0.376 e. The molecule has 0 spiro atoms. The number of hydrogen-bond donors (Lipinski definition) is 2. The molecule has 1 atom stereocenters. The van der Waals surface area contributed by atoms with Crippen molar-refractivity contribution in [2.75, 3.05) is 13.2 Å². The Bertz CT molecular complexity index is 906. The smallest absolute Gasteiger partial charge is 0.251 e. The van der Waals surface area contributed by atoms with Gasteiger partial charge in [0, 0.05) is 25.3 Å². The third kappa shape index (κ3) is 5.15. The number of amides is 1. The number of aryl methyl sites for hydroxylation is 1. The van der Waals surface area contributed by atoms with Gasteiger partial charge in [0.05, 0.1) is 11.0 Å². The fourth-order valence-corrected chi connectivity index (χ4v) is 4.03. The number of carbonyl (C=O) groups excluding carboxylic acids is 1. The van der Waals surface area contributed by atoms with Gasteiger partial charge in [-0.15, -0.1) is 0 Å². The molecule has 27 heavy (non-hydrogen) atoms. The van der Waals surface area contributed by atoms with E-state index >= 15 is 0 Å². The molecule has 3 rings (SSSR count). The summed E-state index contributed by atoms with van der Waals surface area (Å²) in [6, 6.07) is 13.6. The van der Waals surface area contributed by atoms with Gasteiger partial charge in [0.2, 0.25) is 10.0 Å². The van der Waals surface area contributed by atoms with Crippen molar-refractivity contribution in [2.24, 2.45) is 0 Å². The van der Waals surface area contributed by atoms with Gasteiger partial charge in [-0.05, 0) is 49.1 Å². The fraction of sp³-hybridized carbons (Fsp3) is 0.350. The van der Waals surface area contributed by atoms with E-state index in [1.807, 2.05) is 31.2 Å². The van der Waals surface area contributed by atoms with E-state index in [2.05, 4.69) is 10.0 Å². The molecule has 2 aromatic rings.